The van der Waals surface area contributed by atoms with E-state index in [0.717, 1.165) is 0 Å². The Morgan fingerprint density at radius 1 is 1.29 bits per heavy atom. The summed E-state index contributed by atoms with van der Waals surface area (Å²) < 4.78 is 33.1. The molecule has 2 rings (SSSR count). The molecule has 0 radical (unpaired) electrons. The van der Waals surface area contributed by atoms with Crippen LogP contribution < -0.4 is 14.8 Å². The van der Waals surface area contributed by atoms with Gasteiger partial charge in [0.15, 0.2) is 9.84 Å². The van der Waals surface area contributed by atoms with Gasteiger partial charge in [-0.2, -0.15) is 0 Å². The number of methoxy groups -OCH3 is 2. The van der Waals surface area contributed by atoms with Crippen LogP contribution in [0.3, 0.4) is 0 Å². The highest BCUT2D eigenvalue weighted by Crippen LogP contribution is 2.36. The van der Waals surface area contributed by atoms with Crippen LogP contribution in [0.4, 0.5) is 5.69 Å². The highest BCUT2D eigenvalue weighted by molar-refractivity contribution is 7.91. The Labute approximate surface area is 128 Å². The Hall–Kier alpha value is -1.47. The number of benzene rings is 1. The molecule has 1 aromatic rings. The Kier molecular flexibility index (Phi) is 4.63. The molecule has 0 saturated carbocycles. The minimum atomic E-state index is -3.11. The zero-order valence-corrected chi connectivity index (χ0v) is 13.3. The Balaban J connectivity index is 2.21. The van der Waals surface area contributed by atoms with E-state index in [-0.39, 0.29) is 17.4 Å². The van der Waals surface area contributed by atoms with Gasteiger partial charge in [0, 0.05) is 12.1 Å². The fourth-order valence-corrected chi connectivity index (χ4v) is 4.17. The van der Waals surface area contributed by atoms with E-state index in [1.54, 1.807) is 6.07 Å². The predicted octanol–water partition coefficient (Wildman–Crippen LogP) is 1.73. The molecular weight excluding hydrogens is 318 g/mol. The van der Waals surface area contributed by atoms with Crippen molar-refractivity contribution >= 4 is 33.0 Å². The number of halogens is 1. The maximum atomic E-state index is 12.2. The first-order chi connectivity index (χ1) is 9.86. The van der Waals surface area contributed by atoms with E-state index in [0.29, 0.717) is 28.6 Å². The van der Waals surface area contributed by atoms with Gasteiger partial charge < -0.3 is 14.8 Å². The van der Waals surface area contributed by atoms with Crippen LogP contribution in [0.15, 0.2) is 12.1 Å². The monoisotopic (exact) mass is 333 g/mol. The van der Waals surface area contributed by atoms with Gasteiger partial charge in [0.1, 0.15) is 11.5 Å². The number of amides is 1. The van der Waals surface area contributed by atoms with Crippen molar-refractivity contribution in [3.05, 3.63) is 17.2 Å². The van der Waals surface area contributed by atoms with E-state index in [4.69, 9.17) is 21.1 Å². The SMILES string of the molecule is COc1cc(NC(=O)[C@H]2CCS(=O)(=O)C2)c(OC)cc1Cl. The van der Waals surface area contributed by atoms with Crippen LogP contribution in [0, 0.1) is 5.92 Å². The van der Waals surface area contributed by atoms with Gasteiger partial charge in [-0.05, 0) is 6.42 Å². The summed E-state index contributed by atoms with van der Waals surface area (Å²) in [7, 11) is -0.193. The van der Waals surface area contributed by atoms with E-state index < -0.39 is 15.8 Å². The number of anilines is 1. The fourth-order valence-electron chi connectivity index (χ4n) is 2.19. The quantitative estimate of drug-likeness (QED) is 0.907. The number of hydrogen-bond donors (Lipinski definition) is 1. The molecule has 21 heavy (non-hydrogen) atoms. The molecule has 1 amide bonds. The summed E-state index contributed by atoms with van der Waals surface area (Å²) in [6.07, 6.45) is 0.335. The summed E-state index contributed by atoms with van der Waals surface area (Å²) in [6, 6.07) is 3.07. The highest BCUT2D eigenvalue weighted by atomic mass is 35.5. The van der Waals surface area contributed by atoms with Crippen LogP contribution in [-0.2, 0) is 14.6 Å². The molecule has 6 nitrogen and oxygen atoms in total. The molecule has 1 atom stereocenters. The molecule has 1 fully saturated rings. The number of rotatable bonds is 4. The summed E-state index contributed by atoms with van der Waals surface area (Å²) in [5, 5.41) is 3.03. The molecule has 8 heteroatoms. The molecule has 0 spiro atoms. The highest BCUT2D eigenvalue weighted by Gasteiger charge is 2.33. The number of ether oxygens (including phenoxy) is 2. The van der Waals surface area contributed by atoms with Crippen LogP contribution in [0.2, 0.25) is 5.02 Å². The first kappa shape index (κ1) is 15.9. The van der Waals surface area contributed by atoms with Crippen molar-refractivity contribution in [3.63, 3.8) is 0 Å². The average Bonchev–Trinajstić information content (AvgIpc) is 2.80. The molecule has 1 aliphatic heterocycles. The largest absolute Gasteiger partial charge is 0.495 e. The van der Waals surface area contributed by atoms with Crippen molar-refractivity contribution in [1.82, 2.24) is 0 Å². The fraction of sp³-hybridized carbons (Fsp3) is 0.462. The predicted molar refractivity (Wildman–Crippen MR) is 79.9 cm³/mol. The first-order valence-corrected chi connectivity index (χ1v) is 8.49. The Morgan fingerprint density at radius 2 is 1.95 bits per heavy atom. The molecule has 1 aromatic carbocycles. The summed E-state index contributed by atoms with van der Waals surface area (Å²) in [6.45, 7) is 0. The van der Waals surface area contributed by atoms with E-state index in [1.807, 2.05) is 0 Å². The van der Waals surface area contributed by atoms with Gasteiger partial charge in [0.25, 0.3) is 0 Å². The van der Waals surface area contributed by atoms with Crippen molar-refractivity contribution in [2.75, 3.05) is 31.0 Å². The molecule has 0 aliphatic carbocycles. The number of sulfone groups is 1. The van der Waals surface area contributed by atoms with Gasteiger partial charge in [-0.25, -0.2) is 8.42 Å². The van der Waals surface area contributed by atoms with Crippen molar-refractivity contribution in [3.8, 4) is 11.5 Å². The van der Waals surface area contributed by atoms with Gasteiger partial charge in [0.05, 0.1) is 42.4 Å². The zero-order valence-electron chi connectivity index (χ0n) is 11.7. The van der Waals surface area contributed by atoms with Crippen molar-refractivity contribution in [2.24, 2.45) is 5.92 Å². The van der Waals surface area contributed by atoms with Crippen LogP contribution in [0.25, 0.3) is 0 Å². The third kappa shape index (κ3) is 3.59. The third-order valence-electron chi connectivity index (χ3n) is 3.34. The Morgan fingerprint density at radius 3 is 2.48 bits per heavy atom. The van der Waals surface area contributed by atoms with Gasteiger partial charge in [0.2, 0.25) is 5.91 Å². The first-order valence-electron chi connectivity index (χ1n) is 6.29. The second-order valence-corrected chi connectivity index (χ2v) is 7.41. The topological polar surface area (TPSA) is 81.7 Å². The lowest BCUT2D eigenvalue weighted by atomic mass is 10.1. The van der Waals surface area contributed by atoms with Crippen LogP contribution in [0.5, 0.6) is 11.5 Å². The molecule has 1 aliphatic rings. The molecule has 0 unspecified atom stereocenters. The Bertz CT molecular complexity index is 659. The van der Waals surface area contributed by atoms with Crippen LogP contribution in [-0.4, -0.2) is 40.1 Å². The van der Waals surface area contributed by atoms with E-state index in [2.05, 4.69) is 5.32 Å². The van der Waals surface area contributed by atoms with Crippen molar-refractivity contribution in [1.29, 1.82) is 0 Å². The number of nitrogens with one attached hydrogen (secondary N) is 1. The lowest BCUT2D eigenvalue weighted by Gasteiger charge is -2.15. The number of carbonyl (C=O) groups excluding carboxylic acids is 1. The van der Waals surface area contributed by atoms with E-state index in [9.17, 15) is 13.2 Å². The van der Waals surface area contributed by atoms with E-state index in [1.165, 1.54) is 20.3 Å². The second kappa shape index (κ2) is 6.11. The summed E-state index contributed by atoms with van der Waals surface area (Å²) in [5.41, 5.74) is 0.396. The number of carbonyl (C=O) groups is 1. The molecule has 0 bridgehead atoms. The lowest BCUT2D eigenvalue weighted by molar-refractivity contribution is -0.119. The molecular formula is C13H16ClNO5S. The lowest BCUT2D eigenvalue weighted by Crippen LogP contribution is -2.24. The van der Waals surface area contributed by atoms with Crippen molar-refractivity contribution in [2.45, 2.75) is 6.42 Å². The molecule has 0 aromatic heterocycles. The minimum absolute atomic E-state index is 0.0478. The molecule has 1 saturated heterocycles. The van der Waals surface area contributed by atoms with Gasteiger partial charge in [-0.1, -0.05) is 11.6 Å². The zero-order chi connectivity index (χ0) is 15.6. The summed E-state index contributed by atoms with van der Waals surface area (Å²) >= 11 is 5.98. The molecule has 1 heterocycles. The summed E-state index contributed by atoms with van der Waals surface area (Å²) in [4.78, 5) is 12.2. The van der Waals surface area contributed by atoms with Crippen molar-refractivity contribution < 1.29 is 22.7 Å². The summed E-state index contributed by atoms with van der Waals surface area (Å²) in [5.74, 6) is -0.181. The number of hydrogen-bond acceptors (Lipinski definition) is 5. The maximum Gasteiger partial charge on any atom is 0.228 e. The third-order valence-corrected chi connectivity index (χ3v) is 5.40. The van der Waals surface area contributed by atoms with Crippen LogP contribution >= 0.6 is 11.6 Å². The minimum Gasteiger partial charge on any atom is -0.495 e. The normalized spacial score (nSPS) is 20.0. The van der Waals surface area contributed by atoms with Gasteiger partial charge in [-0.3, -0.25) is 4.79 Å². The van der Waals surface area contributed by atoms with Crippen LogP contribution in [0.1, 0.15) is 6.42 Å². The second-order valence-electron chi connectivity index (χ2n) is 4.78. The van der Waals surface area contributed by atoms with E-state index >= 15 is 0 Å². The average molecular weight is 334 g/mol. The molecule has 1 N–H and O–H groups in total. The smallest absolute Gasteiger partial charge is 0.228 e. The maximum absolute atomic E-state index is 12.2. The van der Waals surface area contributed by atoms with Gasteiger partial charge >= 0.3 is 0 Å². The standard InChI is InChI=1S/C13H16ClNO5S/c1-19-11-6-10(12(20-2)5-9(11)14)15-13(16)8-3-4-21(17,18)7-8/h5-6,8H,3-4,7H2,1-2H3,(H,15,16)/t8-/m0/s1. The van der Waals surface area contributed by atoms with Gasteiger partial charge in [-0.15, -0.1) is 0 Å². The molecule has 116 valence electrons.